The molecule has 11 heteroatoms. The number of carbonyl (C=O) groups is 2. The second-order valence-electron chi connectivity index (χ2n) is 7.58. The van der Waals surface area contributed by atoms with Gasteiger partial charge in [0.2, 0.25) is 11.8 Å². The number of alkyl halides is 2. The number of halogens is 2. The van der Waals surface area contributed by atoms with Crippen molar-refractivity contribution < 1.29 is 27.5 Å². The molecule has 4 rings (SSSR count). The summed E-state index contributed by atoms with van der Waals surface area (Å²) in [5.74, 6) is 0.302. The zero-order valence-corrected chi connectivity index (χ0v) is 17.9. The van der Waals surface area contributed by atoms with Gasteiger partial charge in [-0.15, -0.1) is 0 Å². The monoisotopic (exact) mass is 457 g/mol. The van der Waals surface area contributed by atoms with Gasteiger partial charge in [-0.2, -0.15) is 0 Å². The molecule has 1 aliphatic rings. The highest BCUT2D eigenvalue weighted by atomic mass is 19.3. The topological polar surface area (TPSA) is 110 Å². The third-order valence-electron chi connectivity index (χ3n) is 5.30. The third-order valence-corrected chi connectivity index (χ3v) is 5.30. The van der Waals surface area contributed by atoms with Crippen LogP contribution in [0, 0.1) is 6.92 Å². The lowest BCUT2D eigenvalue weighted by Gasteiger charge is -2.25. The fourth-order valence-electron chi connectivity index (χ4n) is 3.62. The maximum absolute atomic E-state index is 13.1. The number of hydrogen-bond acceptors (Lipinski definition) is 7. The number of carbonyl (C=O) groups excluding carboxylic acids is 2. The minimum Gasteiger partial charge on any atom is -0.471 e. The highest BCUT2D eigenvalue weighted by Crippen LogP contribution is 2.34. The van der Waals surface area contributed by atoms with E-state index < -0.39 is 13.0 Å². The summed E-state index contributed by atoms with van der Waals surface area (Å²) in [6.45, 7) is 3.05. The Balaban J connectivity index is 1.49. The van der Waals surface area contributed by atoms with Crippen LogP contribution in [-0.2, 0) is 17.8 Å². The molecule has 172 valence electrons. The van der Waals surface area contributed by atoms with Crippen LogP contribution in [0.3, 0.4) is 0 Å². The summed E-state index contributed by atoms with van der Waals surface area (Å²) in [6.07, 6.45) is 3.07. The summed E-state index contributed by atoms with van der Waals surface area (Å²) < 4.78 is 34.9. The first-order valence-electron chi connectivity index (χ1n) is 10.2. The summed E-state index contributed by atoms with van der Waals surface area (Å²) in [6, 6.07) is 3.01. The van der Waals surface area contributed by atoms with Crippen molar-refractivity contribution in [2.24, 2.45) is 0 Å². The van der Waals surface area contributed by atoms with Gasteiger partial charge in [-0.25, -0.2) is 23.7 Å². The number of aryl methyl sites for hydroxylation is 1. The van der Waals surface area contributed by atoms with Crippen molar-refractivity contribution >= 4 is 17.6 Å². The van der Waals surface area contributed by atoms with Gasteiger partial charge >= 0.3 is 0 Å². The Morgan fingerprint density at radius 3 is 2.85 bits per heavy atom. The van der Waals surface area contributed by atoms with E-state index in [1.165, 1.54) is 25.0 Å². The first-order valence-corrected chi connectivity index (χ1v) is 10.2. The zero-order chi connectivity index (χ0) is 23.5. The number of anilines is 1. The molecule has 9 nitrogen and oxygen atoms in total. The molecule has 0 fully saturated rings. The van der Waals surface area contributed by atoms with Crippen LogP contribution < -0.4 is 10.1 Å². The number of oxazole rings is 1. The molecule has 4 heterocycles. The average molecular weight is 457 g/mol. The summed E-state index contributed by atoms with van der Waals surface area (Å²) in [5.41, 5.74) is 2.38. The standard InChI is InChI=1S/C22H21F2N5O4/c1-12-5-14(7-27-21(12)32-10-18(23)24)13(2)29-9-17-16(22(29)31)3-4-26-20(17)28-19(30)6-15-8-25-11-33-15/h3-5,7-8,11,13,18H,6,9-10H2,1-2H3,(H,26,28,30). The third kappa shape index (κ3) is 4.81. The Morgan fingerprint density at radius 1 is 1.33 bits per heavy atom. The van der Waals surface area contributed by atoms with Gasteiger partial charge < -0.3 is 19.4 Å². The molecule has 3 aromatic rings. The average Bonchev–Trinajstić information content (AvgIpc) is 3.40. The lowest BCUT2D eigenvalue weighted by molar-refractivity contribution is -0.115. The van der Waals surface area contributed by atoms with Gasteiger partial charge in [0, 0.05) is 29.1 Å². The van der Waals surface area contributed by atoms with Crippen LogP contribution in [0.25, 0.3) is 0 Å². The minimum absolute atomic E-state index is 0.00959. The summed E-state index contributed by atoms with van der Waals surface area (Å²) >= 11 is 0. The molecular weight excluding hydrogens is 436 g/mol. The van der Waals surface area contributed by atoms with E-state index in [-0.39, 0.29) is 36.7 Å². The number of ether oxygens (including phenoxy) is 1. The zero-order valence-electron chi connectivity index (χ0n) is 17.9. The van der Waals surface area contributed by atoms with E-state index in [4.69, 9.17) is 9.15 Å². The molecule has 1 N–H and O–H groups in total. The Hall–Kier alpha value is -3.89. The van der Waals surface area contributed by atoms with Gasteiger partial charge in [-0.1, -0.05) is 0 Å². The number of hydrogen-bond donors (Lipinski definition) is 1. The van der Waals surface area contributed by atoms with E-state index in [0.717, 1.165) is 5.56 Å². The molecule has 3 aromatic heterocycles. The highest BCUT2D eigenvalue weighted by Gasteiger charge is 2.34. The number of amides is 2. The minimum atomic E-state index is -2.59. The summed E-state index contributed by atoms with van der Waals surface area (Å²) in [5, 5.41) is 2.73. The smallest absolute Gasteiger partial charge is 0.272 e. The second kappa shape index (κ2) is 9.31. The van der Waals surface area contributed by atoms with Crippen molar-refractivity contribution in [3.63, 3.8) is 0 Å². The normalized spacial score (nSPS) is 13.8. The molecule has 0 radical (unpaired) electrons. The van der Waals surface area contributed by atoms with Crippen molar-refractivity contribution in [2.75, 3.05) is 11.9 Å². The predicted molar refractivity (Wildman–Crippen MR) is 112 cm³/mol. The molecule has 2 amide bonds. The van der Waals surface area contributed by atoms with E-state index >= 15 is 0 Å². The quantitative estimate of drug-likeness (QED) is 0.552. The number of nitrogens with one attached hydrogen (secondary N) is 1. The van der Waals surface area contributed by atoms with Crippen LogP contribution in [0.5, 0.6) is 5.88 Å². The molecule has 1 unspecified atom stereocenters. The van der Waals surface area contributed by atoms with E-state index in [1.807, 2.05) is 6.92 Å². The SMILES string of the molecule is Cc1cc(C(C)N2Cc3c(ccnc3NC(=O)Cc3cnco3)C2=O)cnc1OCC(F)F. The van der Waals surface area contributed by atoms with Gasteiger partial charge in [0.05, 0.1) is 25.2 Å². The molecule has 0 spiro atoms. The largest absolute Gasteiger partial charge is 0.471 e. The van der Waals surface area contributed by atoms with Crippen molar-refractivity contribution in [1.29, 1.82) is 0 Å². The Labute approximate surface area is 187 Å². The Bertz CT molecular complexity index is 1170. The van der Waals surface area contributed by atoms with E-state index in [1.54, 1.807) is 24.0 Å². The fraction of sp³-hybridized carbons (Fsp3) is 0.318. The molecule has 0 aliphatic carbocycles. The van der Waals surface area contributed by atoms with Crippen LogP contribution in [0.4, 0.5) is 14.6 Å². The maximum Gasteiger partial charge on any atom is 0.272 e. The molecule has 1 atom stereocenters. The molecule has 0 saturated carbocycles. The van der Waals surface area contributed by atoms with E-state index in [9.17, 15) is 18.4 Å². The number of pyridine rings is 2. The van der Waals surface area contributed by atoms with E-state index in [0.29, 0.717) is 28.3 Å². The molecule has 1 aliphatic heterocycles. The molecule has 0 saturated heterocycles. The summed E-state index contributed by atoms with van der Waals surface area (Å²) in [7, 11) is 0. The number of fused-ring (bicyclic) bond motifs is 1. The molecule has 33 heavy (non-hydrogen) atoms. The molecular formula is C22H21F2N5O4. The lowest BCUT2D eigenvalue weighted by atomic mass is 10.1. The van der Waals surface area contributed by atoms with Crippen molar-refractivity contribution in [3.05, 3.63) is 65.1 Å². The van der Waals surface area contributed by atoms with Crippen LogP contribution in [0.2, 0.25) is 0 Å². The van der Waals surface area contributed by atoms with Crippen molar-refractivity contribution in [3.8, 4) is 5.88 Å². The van der Waals surface area contributed by atoms with Gasteiger partial charge in [-0.3, -0.25) is 9.59 Å². The maximum atomic E-state index is 13.1. The lowest BCUT2D eigenvalue weighted by Crippen LogP contribution is -2.27. The Kier molecular flexibility index (Phi) is 6.29. The van der Waals surface area contributed by atoms with Gasteiger partial charge in [-0.05, 0) is 31.5 Å². The first-order chi connectivity index (χ1) is 15.8. The van der Waals surface area contributed by atoms with Gasteiger partial charge in [0.1, 0.15) is 11.6 Å². The van der Waals surface area contributed by atoms with Crippen LogP contribution in [0.15, 0.2) is 41.5 Å². The molecule has 0 bridgehead atoms. The van der Waals surface area contributed by atoms with Crippen LogP contribution >= 0.6 is 0 Å². The van der Waals surface area contributed by atoms with Crippen LogP contribution in [-0.4, -0.2) is 44.7 Å². The predicted octanol–water partition coefficient (Wildman–Crippen LogP) is 3.32. The number of aromatic nitrogens is 3. The van der Waals surface area contributed by atoms with Crippen molar-refractivity contribution in [1.82, 2.24) is 19.9 Å². The second-order valence-corrected chi connectivity index (χ2v) is 7.58. The van der Waals surface area contributed by atoms with Gasteiger partial charge in [0.15, 0.2) is 13.0 Å². The Morgan fingerprint density at radius 2 is 2.15 bits per heavy atom. The van der Waals surface area contributed by atoms with Gasteiger partial charge in [0.25, 0.3) is 12.3 Å². The fourth-order valence-corrected chi connectivity index (χ4v) is 3.62. The summed E-state index contributed by atoms with van der Waals surface area (Å²) in [4.78, 5) is 39.2. The first kappa shape index (κ1) is 22.3. The van der Waals surface area contributed by atoms with Crippen molar-refractivity contribution in [2.45, 2.75) is 39.3 Å². The number of rotatable bonds is 8. The number of nitrogens with zero attached hydrogens (tertiary/aromatic N) is 4. The van der Waals surface area contributed by atoms with Crippen LogP contribution in [0.1, 0.15) is 45.8 Å². The molecule has 0 aromatic carbocycles. The van der Waals surface area contributed by atoms with E-state index in [2.05, 4.69) is 20.3 Å². The highest BCUT2D eigenvalue weighted by molar-refractivity contribution is 6.01.